The molecule has 3 heteroatoms. The van der Waals surface area contributed by atoms with Crippen molar-refractivity contribution >= 4 is 0 Å². The first-order valence-corrected chi connectivity index (χ1v) is 7.20. The van der Waals surface area contributed by atoms with Crippen molar-refractivity contribution in [3.05, 3.63) is 35.1 Å². The zero-order valence-corrected chi connectivity index (χ0v) is 12.4. The summed E-state index contributed by atoms with van der Waals surface area (Å²) in [5.41, 5.74) is 0.846. The molecule has 0 aromatic heterocycles. The highest BCUT2D eigenvalue weighted by Crippen LogP contribution is 2.39. The van der Waals surface area contributed by atoms with Crippen LogP contribution in [-0.2, 0) is 11.3 Å². The molecule has 0 N–H and O–H groups in total. The Morgan fingerprint density at radius 2 is 2.15 bits per heavy atom. The molecule has 0 spiro atoms. The highest BCUT2D eigenvalue weighted by atomic mass is 19.1. The number of rotatable bonds is 3. The Hall–Kier alpha value is -1.40. The summed E-state index contributed by atoms with van der Waals surface area (Å²) in [5, 5.41) is 8.83. The van der Waals surface area contributed by atoms with E-state index in [2.05, 4.69) is 20.8 Å². The van der Waals surface area contributed by atoms with Crippen molar-refractivity contribution in [2.24, 2.45) is 11.3 Å². The molecule has 2 unspecified atom stereocenters. The van der Waals surface area contributed by atoms with Gasteiger partial charge in [0.05, 0.1) is 18.3 Å². The van der Waals surface area contributed by atoms with Gasteiger partial charge in [-0.25, -0.2) is 4.39 Å². The van der Waals surface area contributed by atoms with Crippen LogP contribution in [0.5, 0.6) is 0 Å². The molecule has 2 rings (SSSR count). The van der Waals surface area contributed by atoms with E-state index in [0.29, 0.717) is 11.5 Å². The molecule has 2 nitrogen and oxygen atoms in total. The Bertz CT molecular complexity index is 518. The van der Waals surface area contributed by atoms with E-state index in [-0.39, 0.29) is 23.7 Å². The van der Waals surface area contributed by atoms with Gasteiger partial charge in [-0.3, -0.25) is 0 Å². The molecule has 1 aliphatic carbocycles. The number of benzene rings is 1. The van der Waals surface area contributed by atoms with Gasteiger partial charge < -0.3 is 4.74 Å². The maximum absolute atomic E-state index is 14.0. The number of nitriles is 1. The van der Waals surface area contributed by atoms with Gasteiger partial charge in [0.25, 0.3) is 0 Å². The monoisotopic (exact) mass is 275 g/mol. The quantitative estimate of drug-likeness (QED) is 0.817. The van der Waals surface area contributed by atoms with Crippen molar-refractivity contribution in [2.45, 2.75) is 52.7 Å². The zero-order chi connectivity index (χ0) is 14.8. The topological polar surface area (TPSA) is 33.0 Å². The fourth-order valence-corrected chi connectivity index (χ4v) is 3.37. The van der Waals surface area contributed by atoms with Crippen molar-refractivity contribution in [1.29, 1.82) is 5.26 Å². The molecule has 1 aromatic carbocycles. The van der Waals surface area contributed by atoms with Crippen LogP contribution < -0.4 is 0 Å². The van der Waals surface area contributed by atoms with E-state index >= 15 is 0 Å². The molecule has 0 radical (unpaired) electrons. The minimum Gasteiger partial charge on any atom is -0.373 e. The molecular formula is C17H22FNO. The van der Waals surface area contributed by atoms with E-state index in [1.807, 2.05) is 6.07 Å². The molecule has 108 valence electrons. The van der Waals surface area contributed by atoms with E-state index in [0.717, 1.165) is 12.8 Å². The third-order valence-corrected chi connectivity index (χ3v) is 4.02. The van der Waals surface area contributed by atoms with E-state index in [1.54, 1.807) is 12.1 Å². The fraction of sp³-hybridized carbons (Fsp3) is 0.588. The molecule has 1 aliphatic rings. The minimum absolute atomic E-state index is 0.0865. The maximum atomic E-state index is 14.0. The SMILES string of the molecule is CC1CC(OCc2cccc(C#N)c2F)CC(C)(C)C1. The van der Waals surface area contributed by atoms with Crippen LogP contribution in [0.25, 0.3) is 0 Å². The molecule has 0 aliphatic heterocycles. The maximum Gasteiger partial charge on any atom is 0.146 e. The Kier molecular flexibility index (Phi) is 4.45. The lowest BCUT2D eigenvalue weighted by Gasteiger charge is -2.38. The van der Waals surface area contributed by atoms with Crippen molar-refractivity contribution < 1.29 is 9.13 Å². The molecule has 2 atom stereocenters. The van der Waals surface area contributed by atoms with Gasteiger partial charge in [-0.05, 0) is 36.7 Å². The first-order chi connectivity index (χ1) is 9.41. The standard InChI is InChI=1S/C17H22FNO/c1-12-7-15(9-17(2,3)8-12)20-11-14-6-4-5-13(10-19)16(14)18/h4-6,12,15H,7-9,11H2,1-3H3. The summed E-state index contributed by atoms with van der Waals surface area (Å²) in [6.45, 7) is 7.01. The van der Waals surface area contributed by atoms with Crippen molar-refractivity contribution in [3.63, 3.8) is 0 Å². The highest BCUT2D eigenvalue weighted by Gasteiger charge is 2.32. The Morgan fingerprint density at radius 1 is 1.40 bits per heavy atom. The lowest BCUT2D eigenvalue weighted by atomic mass is 9.71. The van der Waals surface area contributed by atoms with Crippen LogP contribution in [0.1, 0.15) is 51.2 Å². The summed E-state index contributed by atoms with van der Waals surface area (Å²) in [6, 6.07) is 6.74. The Morgan fingerprint density at radius 3 is 2.80 bits per heavy atom. The van der Waals surface area contributed by atoms with Crippen LogP contribution in [0.2, 0.25) is 0 Å². The van der Waals surface area contributed by atoms with Crippen molar-refractivity contribution in [3.8, 4) is 6.07 Å². The molecule has 0 saturated heterocycles. The second-order valence-corrected chi connectivity index (χ2v) is 6.74. The second-order valence-electron chi connectivity index (χ2n) is 6.74. The van der Waals surface area contributed by atoms with Crippen LogP contribution in [0, 0.1) is 28.5 Å². The lowest BCUT2D eigenvalue weighted by molar-refractivity contribution is -0.0324. The number of ether oxygens (including phenoxy) is 1. The number of halogens is 1. The highest BCUT2D eigenvalue weighted by molar-refractivity contribution is 5.34. The van der Waals surface area contributed by atoms with Crippen molar-refractivity contribution in [1.82, 2.24) is 0 Å². The molecule has 0 bridgehead atoms. The van der Waals surface area contributed by atoms with Crippen LogP contribution in [0.4, 0.5) is 4.39 Å². The van der Waals surface area contributed by atoms with Crippen LogP contribution in [0.3, 0.4) is 0 Å². The molecule has 1 fully saturated rings. The summed E-state index contributed by atoms with van der Waals surface area (Å²) < 4.78 is 19.9. The van der Waals surface area contributed by atoms with Crippen LogP contribution in [-0.4, -0.2) is 6.10 Å². The number of nitrogens with zero attached hydrogens (tertiary/aromatic N) is 1. The summed E-state index contributed by atoms with van der Waals surface area (Å²) in [7, 11) is 0. The van der Waals surface area contributed by atoms with E-state index < -0.39 is 5.82 Å². The van der Waals surface area contributed by atoms with Crippen LogP contribution >= 0.6 is 0 Å². The predicted octanol–water partition coefficient (Wildman–Crippen LogP) is 4.43. The zero-order valence-electron chi connectivity index (χ0n) is 12.4. The predicted molar refractivity (Wildman–Crippen MR) is 76.5 cm³/mol. The lowest BCUT2D eigenvalue weighted by Crippen LogP contribution is -2.32. The molecule has 1 aromatic rings. The third kappa shape index (κ3) is 3.58. The summed E-state index contributed by atoms with van der Waals surface area (Å²) in [4.78, 5) is 0. The smallest absolute Gasteiger partial charge is 0.146 e. The normalized spacial score (nSPS) is 25.1. The third-order valence-electron chi connectivity index (χ3n) is 4.02. The van der Waals surface area contributed by atoms with Crippen LogP contribution in [0.15, 0.2) is 18.2 Å². The summed E-state index contributed by atoms with van der Waals surface area (Å²) in [5.74, 6) is 0.192. The van der Waals surface area contributed by atoms with E-state index in [1.165, 1.54) is 12.5 Å². The molecule has 0 heterocycles. The first kappa shape index (κ1) is 15.0. The Labute approximate surface area is 120 Å². The minimum atomic E-state index is -0.446. The first-order valence-electron chi connectivity index (χ1n) is 7.20. The van der Waals surface area contributed by atoms with Gasteiger partial charge in [0.15, 0.2) is 0 Å². The van der Waals surface area contributed by atoms with E-state index in [4.69, 9.17) is 10.00 Å². The van der Waals surface area contributed by atoms with Gasteiger partial charge in [0.1, 0.15) is 11.9 Å². The van der Waals surface area contributed by atoms with Gasteiger partial charge in [-0.15, -0.1) is 0 Å². The van der Waals surface area contributed by atoms with Gasteiger partial charge >= 0.3 is 0 Å². The summed E-state index contributed by atoms with van der Waals surface area (Å²) in [6.07, 6.45) is 3.43. The second kappa shape index (κ2) is 5.93. The average molecular weight is 275 g/mol. The van der Waals surface area contributed by atoms with Gasteiger partial charge in [0.2, 0.25) is 0 Å². The fourth-order valence-electron chi connectivity index (χ4n) is 3.37. The summed E-state index contributed by atoms with van der Waals surface area (Å²) >= 11 is 0. The van der Waals surface area contributed by atoms with E-state index in [9.17, 15) is 4.39 Å². The number of hydrogen-bond acceptors (Lipinski definition) is 2. The van der Waals surface area contributed by atoms with Gasteiger partial charge in [-0.1, -0.05) is 32.9 Å². The average Bonchev–Trinajstić information content (AvgIpc) is 2.35. The molecule has 20 heavy (non-hydrogen) atoms. The van der Waals surface area contributed by atoms with Crippen molar-refractivity contribution in [2.75, 3.05) is 0 Å². The van der Waals surface area contributed by atoms with Gasteiger partial charge in [-0.2, -0.15) is 5.26 Å². The van der Waals surface area contributed by atoms with Gasteiger partial charge in [0, 0.05) is 5.56 Å². The molecule has 1 saturated carbocycles. The number of hydrogen-bond donors (Lipinski definition) is 0. The Balaban J connectivity index is 2.01. The molecule has 0 amide bonds. The largest absolute Gasteiger partial charge is 0.373 e. The molecular weight excluding hydrogens is 253 g/mol.